The number of aryl methyl sites for hydroxylation is 2. The Hall–Kier alpha value is -1.76. The first-order valence-corrected chi connectivity index (χ1v) is 6.94. The maximum absolute atomic E-state index is 8.64. The maximum atomic E-state index is 8.64. The van der Waals surface area contributed by atoms with Gasteiger partial charge in [0.05, 0.1) is 0 Å². The quantitative estimate of drug-likeness (QED) is 0.869. The van der Waals surface area contributed by atoms with Crippen LogP contribution in [0.15, 0.2) is 29.6 Å². The molecule has 0 bridgehead atoms. The van der Waals surface area contributed by atoms with Crippen molar-refractivity contribution in [2.75, 3.05) is 6.61 Å². The zero-order valence-corrected chi connectivity index (χ0v) is 11.9. The molecule has 0 saturated carbocycles. The van der Waals surface area contributed by atoms with Gasteiger partial charge in [-0.15, -0.1) is 11.3 Å². The van der Waals surface area contributed by atoms with Gasteiger partial charge in [0.15, 0.2) is 0 Å². The van der Waals surface area contributed by atoms with Crippen LogP contribution in [-0.2, 0) is 6.61 Å². The predicted octanol–water partition coefficient (Wildman–Crippen LogP) is 3.29. The lowest BCUT2D eigenvalue weighted by Crippen LogP contribution is -1.93. The lowest BCUT2D eigenvalue weighted by molar-refractivity contribution is 0.309. The number of hydrogen-bond donors (Lipinski definition) is 1. The van der Waals surface area contributed by atoms with Crippen LogP contribution in [-0.4, -0.2) is 11.7 Å². The summed E-state index contributed by atoms with van der Waals surface area (Å²) < 4.78 is 5.76. The van der Waals surface area contributed by atoms with Crippen LogP contribution >= 0.6 is 11.3 Å². The molecular weight excluding hydrogens is 256 g/mol. The molecule has 2 aromatic rings. The zero-order valence-electron chi connectivity index (χ0n) is 11.1. The molecule has 0 aliphatic carbocycles. The van der Waals surface area contributed by atoms with E-state index in [0.29, 0.717) is 6.61 Å². The Labute approximate surface area is 117 Å². The van der Waals surface area contributed by atoms with Gasteiger partial charge in [0, 0.05) is 15.8 Å². The van der Waals surface area contributed by atoms with Crippen molar-refractivity contribution in [3.8, 4) is 17.6 Å². The molecule has 2 nitrogen and oxygen atoms in total. The highest BCUT2D eigenvalue weighted by Crippen LogP contribution is 2.20. The minimum Gasteiger partial charge on any atom is -0.488 e. The van der Waals surface area contributed by atoms with Gasteiger partial charge in [0.25, 0.3) is 0 Å². The first kappa shape index (κ1) is 13.7. The van der Waals surface area contributed by atoms with Crippen LogP contribution in [0, 0.1) is 25.7 Å². The number of thiophene rings is 1. The fourth-order valence-electron chi connectivity index (χ4n) is 1.62. The molecule has 2 rings (SSSR count). The van der Waals surface area contributed by atoms with Crippen LogP contribution in [0.5, 0.6) is 5.75 Å². The third kappa shape index (κ3) is 3.85. The molecule has 98 valence electrons. The van der Waals surface area contributed by atoms with E-state index in [2.05, 4.69) is 37.8 Å². The minimum atomic E-state index is -0.107. The second-order valence-electron chi connectivity index (χ2n) is 4.30. The van der Waals surface area contributed by atoms with Crippen molar-refractivity contribution in [2.24, 2.45) is 0 Å². The van der Waals surface area contributed by atoms with Gasteiger partial charge in [-0.05, 0) is 43.2 Å². The molecule has 0 radical (unpaired) electrons. The van der Waals surface area contributed by atoms with Crippen molar-refractivity contribution in [1.29, 1.82) is 0 Å². The van der Waals surface area contributed by atoms with E-state index in [1.807, 2.05) is 17.5 Å². The molecule has 0 unspecified atom stereocenters. The van der Waals surface area contributed by atoms with Crippen LogP contribution < -0.4 is 4.74 Å². The molecule has 1 aromatic heterocycles. The van der Waals surface area contributed by atoms with E-state index in [1.165, 1.54) is 11.1 Å². The fourth-order valence-corrected chi connectivity index (χ4v) is 2.35. The summed E-state index contributed by atoms with van der Waals surface area (Å²) in [5, 5.41) is 10.6. The van der Waals surface area contributed by atoms with Crippen LogP contribution in [0.25, 0.3) is 0 Å². The Kier molecular flexibility index (Phi) is 4.62. The number of hydrogen-bond acceptors (Lipinski definition) is 3. The highest BCUT2D eigenvalue weighted by Gasteiger charge is 2.01. The van der Waals surface area contributed by atoms with E-state index < -0.39 is 0 Å². The highest BCUT2D eigenvalue weighted by atomic mass is 32.1. The number of aliphatic hydroxyl groups is 1. The monoisotopic (exact) mass is 272 g/mol. The van der Waals surface area contributed by atoms with Gasteiger partial charge in [-0.25, -0.2) is 0 Å². The first-order valence-electron chi connectivity index (χ1n) is 6.06. The summed E-state index contributed by atoms with van der Waals surface area (Å²) in [4.78, 5) is 1.13. The van der Waals surface area contributed by atoms with Gasteiger partial charge < -0.3 is 9.84 Å². The van der Waals surface area contributed by atoms with E-state index in [4.69, 9.17) is 9.84 Å². The molecule has 0 saturated heterocycles. The lowest BCUT2D eigenvalue weighted by Gasteiger charge is -2.06. The van der Waals surface area contributed by atoms with Crippen LogP contribution in [0.4, 0.5) is 0 Å². The molecule has 3 heteroatoms. The van der Waals surface area contributed by atoms with Gasteiger partial charge >= 0.3 is 0 Å². The van der Waals surface area contributed by atoms with Gasteiger partial charge in [-0.3, -0.25) is 0 Å². The molecule has 1 heterocycles. The summed E-state index contributed by atoms with van der Waals surface area (Å²) >= 11 is 1.62. The number of rotatable bonds is 3. The van der Waals surface area contributed by atoms with Crippen molar-refractivity contribution >= 4 is 11.3 Å². The van der Waals surface area contributed by atoms with Crippen molar-refractivity contribution in [1.82, 2.24) is 0 Å². The molecule has 0 amide bonds. The van der Waals surface area contributed by atoms with E-state index in [0.717, 1.165) is 16.2 Å². The van der Waals surface area contributed by atoms with Crippen LogP contribution in [0.3, 0.4) is 0 Å². The van der Waals surface area contributed by atoms with E-state index in [1.54, 1.807) is 11.3 Å². The smallest absolute Gasteiger partial charge is 0.122 e. The Bertz CT molecular complexity index is 617. The third-order valence-electron chi connectivity index (χ3n) is 2.83. The van der Waals surface area contributed by atoms with Crippen molar-refractivity contribution in [3.05, 3.63) is 51.2 Å². The largest absolute Gasteiger partial charge is 0.488 e. The summed E-state index contributed by atoms with van der Waals surface area (Å²) in [6.45, 7) is 4.61. The summed E-state index contributed by atoms with van der Waals surface area (Å²) in [6.07, 6.45) is 0. The third-order valence-corrected chi connectivity index (χ3v) is 3.74. The second-order valence-corrected chi connectivity index (χ2v) is 5.29. The van der Waals surface area contributed by atoms with Gasteiger partial charge in [0.2, 0.25) is 0 Å². The lowest BCUT2D eigenvalue weighted by atomic mass is 10.1. The van der Waals surface area contributed by atoms with Gasteiger partial charge in [0.1, 0.15) is 19.0 Å². The number of benzene rings is 1. The molecule has 0 aliphatic heterocycles. The Balaban J connectivity index is 1.98. The van der Waals surface area contributed by atoms with E-state index >= 15 is 0 Å². The van der Waals surface area contributed by atoms with Gasteiger partial charge in [-0.1, -0.05) is 17.9 Å². The molecule has 1 aromatic carbocycles. The summed E-state index contributed by atoms with van der Waals surface area (Å²) in [6, 6.07) is 8.10. The molecule has 19 heavy (non-hydrogen) atoms. The number of aliphatic hydroxyl groups excluding tert-OH is 1. The predicted molar refractivity (Wildman–Crippen MR) is 78.5 cm³/mol. The van der Waals surface area contributed by atoms with Crippen LogP contribution in [0.1, 0.15) is 21.6 Å². The summed E-state index contributed by atoms with van der Waals surface area (Å²) in [7, 11) is 0. The Morgan fingerprint density at radius 1 is 1.21 bits per heavy atom. The molecular formula is C16H16O2S. The molecule has 0 spiro atoms. The molecule has 0 aliphatic rings. The SMILES string of the molecule is Cc1ccc(OCc2cc(C#CCO)cs2)cc1C. The Morgan fingerprint density at radius 3 is 2.79 bits per heavy atom. The highest BCUT2D eigenvalue weighted by molar-refractivity contribution is 7.10. The number of ether oxygens (including phenoxy) is 1. The average molecular weight is 272 g/mol. The Morgan fingerprint density at radius 2 is 2.05 bits per heavy atom. The molecule has 0 fully saturated rings. The topological polar surface area (TPSA) is 29.5 Å². The molecule has 0 atom stereocenters. The van der Waals surface area contributed by atoms with Crippen molar-refractivity contribution < 1.29 is 9.84 Å². The first-order chi connectivity index (χ1) is 9.19. The van der Waals surface area contributed by atoms with Gasteiger partial charge in [-0.2, -0.15) is 0 Å². The second kappa shape index (κ2) is 6.42. The normalized spacial score (nSPS) is 9.84. The summed E-state index contributed by atoms with van der Waals surface area (Å²) in [5.41, 5.74) is 3.43. The van der Waals surface area contributed by atoms with Crippen molar-refractivity contribution in [3.63, 3.8) is 0 Å². The average Bonchev–Trinajstić information content (AvgIpc) is 2.86. The minimum absolute atomic E-state index is 0.107. The fraction of sp³-hybridized carbons (Fsp3) is 0.250. The van der Waals surface area contributed by atoms with E-state index in [9.17, 15) is 0 Å². The zero-order chi connectivity index (χ0) is 13.7. The van der Waals surface area contributed by atoms with Crippen LogP contribution in [0.2, 0.25) is 0 Å². The molecule has 1 N–H and O–H groups in total. The standard InChI is InChI=1S/C16H16O2S/c1-12-5-6-15(8-13(12)2)18-10-16-9-14(11-19-16)4-3-7-17/h5-6,8-9,11,17H,7,10H2,1-2H3. The van der Waals surface area contributed by atoms with E-state index in [-0.39, 0.29) is 6.61 Å². The maximum Gasteiger partial charge on any atom is 0.122 e. The van der Waals surface area contributed by atoms with Crippen molar-refractivity contribution in [2.45, 2.75) is 20.5 Å². The summed E-state index contributed by atoms with van der Waals surface area (Å²) in [5.74, 6) is 6.41.